The number of thioether (sulfide) groups is 1. The topological polar surface area (TPSA) is 54.4 Å². The minimum atomic E-state index is -0.785. The number of carboxylic acid groups (broad SMARTS) is 1. The molecule has 0 aliphatic carbocycles. The maximum Gasteiger partial charge on any atom is 0.304 e. The monoisotopic (exact) mass is 252 g/mol. The third kappa shape index (κ3) is 5.04. The van der Waals surface area contributed by atoms with Crippen LogP contribution in [0.2, 0.25) is 0 Å². The largest absolute Gasteiger partial charge is 0.481 e. The van der Waals surface area contributed by atoms with E-state index in [1.54, 1.807) is 12.1 Å². The Bertz CT molecular complexity index is 384. The van der Waals surface area contributed by atoms with Crippen LogP contribution in [0, 0.1) is 0 Å². The first-order valence-electron chi connectivity index (χ1n) is 5.61. The van der Waals surface area contributed by atoms with Crippen LogP contribution in [0.3, 0.4) is 0 Å². The summed E-state index contributed by atoms with van der Waals surface area (Å²) in [4.78, 5) is 22.9. The summed E-state index contributed by atoms with van der Waals surface area (Å²) in [6.07, 6.45) is 1.58. The molecule has 0 aliphatic rings. The van der Waals surface area contributed by atoms with Gasteiger partial charge in [-0.25, -0.2) is 0 Å². The van der Waals surface area contributed by atoms with E-state index >= 15 is 0 Å². The minimum absolute atomic E-state index is 0.154. The highest BCUT2D eigenvalue weighted by Crippen LogP contribution is 2.19. The van der Waals surface area contributed by atoms with Crippen molar-refractivity contribution in [1.82, 2.24) is 0 Å². The molecular formula is C13H16O3S. The zero-order valence-electron chi connectivity index (χ0n) is 9.81. The number of carboxylic acids is 1. The third-order valence-electron chi connectivity index (χ3n) is 2.24. The van der Waals surface area contributed by atoms with E-state index in [2.05, 4.69) is 0 Å². The predicted molar refractivity (Wildman–Crippen MR) is 68.7 cm³/mol. The molecule has 0 radical (unpaired) electrons. The van der Waals surface area contributed by atoms with E-state index < -0.39 is 5.97 Å². The van der Waals surface area contributed by atoms with Gasteiger partial charge in [-0.2, -0.15) is 0 Å². The summed E-state index contributed by atoms with van der Waals surface area (Å²) in [7, 11) is 0. The van der Waals surface area contributed by atoms with E-state index in [-0.39, 0.29) is 12.2 Å². The average molecular weight is 252 g/mol. The molecule has 0 aliphatic heterocycles. The van der Waals surface area contributed by atoms with Gasteiger partial charge in [0.2, 0.25) is 0 Å². The summed E-state index contributed by atoms with van der Waals surface area (Å²) in [6, 6.07) is 7.35. The second-order valence-electron chi connectivity index (χ2n) is 3.69. The summed E-state index contributed by atoms with van der Waals surface area (Å²) in [5.41, 5.74) is 0.731. The van der Waals surface area contributed by atoms with Crippen molar-refractivity contribution in [3.63, 3.8) is 0 Å². The maximum atomic E-state index is 11.6. The number of hydrogen-bond donors (Lipinski definition) is 1. The number of carbonyl (C=O) groups is 2. The van der Waals surface area contributed by atoms with E-state index in [1.807, 2.05) is 19.1 Å². The first kappa shape index (κ1) is 13.8. The third-order valence-corrected chi connectivity index (χ3v) is 3.25. The van der Waals surface area contributed by atoms with Crippen LogP contribution in [-0.4, -0.2) is 22.6 Å². The zero-order chi connectivity index (χ0) is 12.7. The minimum Gasteiger partial charge on any atom is -0.481 e. The molecule has 0 atom stereocenters. The summed E-state index contributed by atoms with van der Waals surface area (Å²) < 4.78 is 0. The second-order valence-corrected chi connectivity index (χ2v) is 4.86. The lowest BCUT2D eigenvalue weighted by Gasteiger charge is -2.02. The lowest BCUT2D eigenvalue weighted by Crippen LogP contribution is -1.98. The zero-order valence-corrected chi connectivity index (χ0v) is 10.6. The smallest absolute Gasteiger partial charge is 0.304 e. The molecule has 0 spiro atoms. The van der Waals surface area contributed by atoms with Crippen LogP contribution in [-0.2, 0) is 4.79 Å². The fourth-order valence-electron chi connectivity index (χ4n) is 1.36. The van der Waals surface area contributed by atoms with E-state index in [4.69, 9.17) is 5.11 Å². The quantitative estimate of drug-likeness (QED) is 0.598. The Labute approximate surface area is 105 Å². The number of aliphatic carboxylic acids is 1. The first-order chi connectivity index (χ1) is 8.13. The molecule has 0 fully saturated rings. The number of Topliss-reactive ketones (excluding diaryl/α,β-unsaturated/α-hetero) is 1. The average Bonchev–Trinajstić information content (AvgIpc) is 2.30. The van der Waals surface area contributed by atoms with Crippen LogP contribution in [0.25, 0.3) is 0 Å². The van der Waals surface area contributed by atoms with Crippen molar-refractivity contribution in [3.05, 3.63) is 29.8 Å². The fourth-order valence-corrected chi connectivity index (χ4v) is 2.21. The molecule has 0 saturated heterocycles. The van der Waals surface area contributed by atoms with Crippen LogP contribution >= 0.6 is 11.8 Å². The molecule has 17 heavy (non-hydrogen) atoms. The summed E-state index contributed by atoms with van der Waals surface area (Å²) in [6.45, 7) is 1.98. The lowest BCUT2D eigenvalue weighted by molar-refractivity contribution is -0.136. The molecule has 0 aromatic heterocycles. The Hall–Kier alpha value is -1.29. The molecule has 0 heterocycles. The molecule has 0 saturated carbocycles. The van der Waals surface area contributed by atoms with Crippen molar-refractivity contribution in [2.45, 2.75) is 31.1 Å². The SMILES string of the molecule is CCCC(=O)c1ccc(SCCC(=O)O)cc1. The molecule has 1 aromatic rings. The number of hydrogen-bond acceptors (Lipinski definition) is 3. The van der Waals surface area contributed by atoms with Crippen molar-refractivity contribution in [2.75, 3.05) is 5.75 Å². The Morgan fingerprint density at radius 3 is 2.35 bits per heavy atom. The highest BCUT2D eigenvalue weighted by atomic mass is 32.2. The van der Waals surface area contributed by atoms with Gasteiger partial charge in [0.1, 0.15) is 0 Å². The predicted octanol–water partition coefficient (Wildman–Crippen LogP) is 3.24. The first-order valence-corrected chi connectivity index (χ1v) is 6.60. The number of carbonyl (C=O) groups excluding carboxylic acids is 1. The number of benzene rings is 1. The molecule has 1 N–H and O–H groups in total. The summed E-state index contributed by atoms with van der Waals surface area (Å²) in [5.74, 6) is -0.0701. The molecule has 0 unspecified atom stereocenters. The molecule has 1 rings (SSSR count). The van der Waals surface area contributed by atoms with Crippen molar-refractivity contribution in [1.29, 1.82) is 0 Å². The molecule has 0 bridgehead atoms. The summed E-state index contributed by atoms with van der Waals surface area (Å²) in [5, 5.41) is 8.51. The molecule has 92 valence electrons. The standard InChI is InChI=1S/C13H16O3S/c1-2-3-12(14)10-4-6-11(7-5-10)17-9-8-13(15)16/h4-7H,2-3,8-9H2,1H3,(H,15,16). The summed E-state index contributed by atoms with van der Waals surface area (Å²) >= 11 is 1.49. The van der Waals surface area contributed by atoms with Crippen LogP contribution in [0.5, 0.6) is 0 Å². The van der Waals surface area contributed by atoms with Crippen molar-refractivity contribution >= 4 is 23.5 Å². The second kappa shape index (κ2) is 7.12. The maximum absolute atomic E-state index is 11.6. The van der Waals surface area contributed by atoms with Crippen molar-refractivity contribution in [3.8, 4) is 0 Å². The Morgan fingerprint density at radius 2 is 1.82 bits per heavy atom. The van der Waals surface area contributed by atoms with Crippen LogP contribution in [0.1, 0.15) is 36.5 Å². The van der Waals surface area contributed by atoms with Gasteiger partial charge in [0.15, 0.2) is 5.78 Å². The molecule has 3 nitrogen and oxygen atoms in total. The highest BCUT2D eigenvalue weighted by molar-refractivity contribution is 7.99. The lowest BCUT2D eigenvalue weighted by atomic mass is 10.1. The Balaban J connectivity index is 2.50. The normalized spacial score (nSPS) is 10.2. The van der Waals surface area contributed by atoms with Gasteiger partial charge >= 0.3 is 5.97 Å². The van der Waals surface area contributed by atoms with Gasteiger partial charge in [-0.3, -0.25) is 9.59 Å². The van der Waals surface area contributed by atoms with Gasteiger partial charge in [0, 0.05) is 22.6 Å². The highest BCUT2D eigenvalue weighted by Gasteiger charge is 2.04. The van der Waals surface area contributed by atoms with Gasteiger partial charge in [0.05, 0.1) is 6.42 Å². The van der Waals surface area contributed by atoms with Crippen LogP contribution < -0.4 is 0 Å². The van der Waals surface area contributed by atoms with Gasteiger partial charge in [0.25, 0.3) is 0 Å². The van der Waals surface area contributed by atoms with Crippen molar-refractivity contribution in [2.24, 2.45) is 0 Å². The molecule has 1 aromatic carbocycles. The fraction of sp³-hybridized carbons (Fsp3) is 0.385. The van der Waals surface area contributed by atoms with E-state index in [0.717, 1.165) is 16.9 Å². The Kier molecular flexibility index (Phi) is 5.77. The van der Waals surface area contributed by atoms with Gasteiger partial charge in [-0.1, -0.05) is 19.1 Å². The van der Waals surface area contributed by atoms with Gasteiger partial charge < -0.3 is 5.11 Å². The van der Waals surface area contributed by atoms with E-state index in [0.29, 0.717) is 12.2 Å². The van der Waals surface area contributed by atoms with Crippen molar-refractivity contribution < 1.29 is 14.7 Å². The number of ketones is 1. The van der Waals surface area contributed by atoms with Crippen LogP contribution in [0.4, 0.5) is 0 Å². The van der Waals surface area contributed by atoms with Gasteiger partial charge in [-0.05, 0) is 18.6 Å². The van der Waals surface area contributed by atoms with E-state index in [1.165, 1.54) is 11.8 Å². The van der Waals surface area contributed by atoms with Gasteiger partial charge in [-0.15, -0.1) is 11.8 Å². The molecule has 4 heteroatoms. The molecule has 0 amide bonds. The number of rotatable bonds is 7. The Morgan fingerprint density at radius 1 is 1.18 bits per heavy atom. The van der Waals surface area contributed by atoms with E-state index in [9.17, 15) is 9.59 Å². The molecular weight excluding hydrogens is 236 g/mol. The van der Waals surface area contributed by atoms with Crippen LogP contribution in [0.15, 0.2) is 29.2 Å².